The van der Waals surface area contributed by atoms with Crippen LogP contribution in [0.25, 0.3) is 6.08 Å². The number of aliphatic hydroxyl groups is 1. The van der Waals surface area contributed by atoms with Crippen molar-refractivity contribution >= 4 is 6.08 Å². The smallest absolute Gasteiger partial charge is 0.0462 e. The van der Waals surface area contributed by atoms with Crippen molar-refractivity contribution in [2.24, 2.45) is 11.8 Å². The summed E-state index contributed by atoms with van der Waals surface area (Å²) in [5, 5.41) is 12.9. The molecule has 2 N–H and O–H groups in total. The van der Waals surface area contributed by atoms with Gasteiger partial charge in [0.2, 0.25) is 0 Å². The lowest BCUT2D eigenvalue weighted by Crippen LogP contribution is -2.32. The summed E-state index contributed by atoms with van der Waals surface area (Å²) in [4.78, 5) is 0. The van der Waals surface area contributed by atoms with E-state index < -0.39 is 0 Å². The van der Waals surface area contributed by atoms with Gasteiger partial charge in [0.15, 0.2) is 0 Å². The van der Waals surface area contributed by atoms with Crippen LogP contribution in [0.1, 0.15) is 31.2 Å². The van der Waals surface area contributed by atoms with Gasteiger partial charge in [-0.15, -0.1) is 0 Å². The van der Waals surface area contributed by atoms with Crippen LogP contribution in [0.3, 0.4) is 0 Å². The van der Waals surface area contributed by atoms with Crippen LogP contribution in [-0.4, -0.2) is 24.8 Å². The Labute approximate surface area is 116 Å². The molecule has 1 aliphatic carbocycles. The highest BCUT2D eigenvalue weighted by atomic mass is 16.3. The summed E-state index contributed by atoms with van der Waals surface area (Å²) in [6.45, 7) is 2.29. The molecule has 2 heteroatoms. The first kappa shape index (κ1) is 14.3. The summed E-state index contributed by atoms with van der Waals surface area (Å²) in [7, 11) is 0. The first-order chi connectivity index (χ1) is 9.40. The number of hydrogen-bond donors (Lipinski definition) is 2. The zero-order valence-electron chi connectivity index (χ0n) is 11.6. The number of hydrogen-bond acceptors (Lipinski definition) is 2. The van der Waals surface area contributed by atoms with Gasteiger partial charge in [-0.05, 0) is 36.8 Å². The Bertz CT molecular complexity index is 374. The second kappa shape index (κ2) is 8.13. The highest BCUT2D eigenvalue weighted by molar-refractivity contribution is 5.48. The van der Waals surface area contributed by atoms with Gasteiger partial charge in [0.25, 0.3) is 0 Å². The number of aliphatic hydroxyl groups excluding tert-OH is 1. The average Bonchev–Trinajstić information content (AvgIpc) is 2.48. The van der Waals surface area contributed by atoms with Crippen molar-refractivity contribution in [2.75, 3.05) is 19.7 Å². The molecule has 0 aromatic heterocycles. The molecule has 104 valence electrons. The summed E-state index contributed by atoms with van der Waals surface area (Å²) >= 11 is 0. The van der Waals surface area contributed by atoms with Crippen LogP contribution in [0.4, 0.5) is 0 Å². The van der Waals surface area contributed by atoms with Crippen LogP contribution >= 0.6 is 0 Å². The minimum atomic E-state index is 0.353. The van der Waals surface area contributed by atoms with Crippen LogP contribution in [0.2, 0.25) is 0 Å². The molecule has 19 heavy (non-hydrogen) atoms. The molecule has 1 saturated carbocycles. The van der Waals surface area contributed by atoms with Gasteiger partial charge in [-0.1, -0.05) is 55.3 Å². The molecule has 0 amide bonds. The third-order valence-corrected chi connectivity index (χ3v) is 4.08. The van der Waals surface area contributed by atoms with E-state index in [0.717, 1.165) is 13.1 Å². The van der Waals surface area contributed by atoms with E-state index in [9.17, 15) is 5.11 Å². The van der Waals surface area contributed by atoms with E-state index in [1.165, 1.54) is 31.2 Å². The second-order valence-corrected chi connectivity index (χ2v) is 5.46. The Balaban J connectivity index is 1.67. The summed E-state index contributed by atoms with van der Waals surface area (Å²) in [6, 6.07) is 10.4. The average molecular weight is 259 g/mol. The van der Waals surface area contributed by atoms with E-state index in [4.69, 9.17) is 0 Å². The molecule has 1 aromatic carbocycles. The monoisotopic (exact) mass is 259 g/mol. The van der Waals surface area contributed by atoms with Gasteiger partial charge in [0, 0.05) is 13.2 Å². The zero-order chi connectivity index (χ0) is 13.3. The minimum absolute atomic E-state index is 0.353. The van der Waals surface area contributed by atoms with E-state index in [1.54, 1.807) is 0 Å². The molecular formula is C17H25NO. The molecule has 0 radical (unpaired) electrons. The van der Waals surface area contributed by atoms with Crippen LogP contribution in [0.15, 0.2) is 36.4 Å². The topological polar surface area (TPSA) is 32.3 Å². The van der Waals surface area contributed by atoms with Gasteiger partial charge in [-0.3, -0.25) is 0 Å². The van der Waals surface area contributed by atoms with E-state index in [0.29, 0.717) is 18.4 Å². The summed E-state index contributed by atoms with van der Waals surface area (Å²) < 4.78 is 0. The number of rotatable bonds is 6. The highest BCUT2D eigenvalue weighted by Gasteiger charge is 2.23. The van der Waals surface area contributed by atoms with Gasteiger partial charge in [-0.25, -0.2) is 0 Å². The highest BCUT2D eigenvalue weighted by Crippen LogP contribution is 2.28. The van der Waals surface area contributed by atoms with Gasteiger partial charge in [-0.2, -0.15) is 0 Å². The van der Waals surface area contributed by atoms with Crippen molar-refractivity contribution in [1.82, 2.24) is 5.32 Å². The fraction of sp³-hybridized carbons (Fsp3) is 0.529. The summed E-state index contributed by atoms with van der Waals surface area (Å²) in [5.74, 6) is 1.17. The van der Waals surface area contributed by atoms with Crippen molar-refractivity contribution in [1.29, 1.82) is 0 Å². The molecule has 1 aromatic rings. The Hall–Kier alpha value is -1.12. The molecule has 0 aliphatic heterocycles. The van der Waals surface area contributed by atoms with Crippen LogP contribution in [-0.2, 0) is 0 Å². The van der Waals surface area contributed by atoms with Crippen molar-refractivity contribution in [2.45, 2.75) is 25.7 Å². The van der Waals surface area contributed by atoms with E-state index in [-0.39, 0.29) is 0 Å². The fourth-order valence-corrected chi connectivity index (χ4v) is 2.90. The fourth-order valence-electron chi connectivity index (χ4n) is 2.90. The predicted molar refractivity (Wildman–Crippen MR) is 80.9 cm³/mol. The Kier molecular flexibility index (Phi) is 6.12. The molecule has 1 aliphatic rings. The van der Waals surface area contributed by atoms with E-state index >= 15 is 0 Å². The number of nitrogens with one attached hydrogen (secondary N) is 1. The quantitative estimate of drug-likeness (QED) is 0.769. The maximum Gasteiger partial charge on any atom is 0.0462 e. The molecular weight excluding hydrogens is 234 g/mol. The first-order valence-corrected chi connectivity index (χ1v) is 7.43. The third-order valence-electron chi connectivity index (χ3n) is 4.08. The molecule has 0 heterocycles. The lowest BCUT2D eigenvalue weighted by molar-refractivity contribution is 0.134. The second-order valence-electron chi connectivity index (χ2n) is 5.46. The summed E-state index contributed by atoms with van der Waals surface area (Å²) in [6.07, 6.45) is 9.39. The van der Waals surface area contributed by atoms with E-state index in [1.807, 2.05) is 6.07 Å². The molecule has 0 spiro atoms. The SMILES string of the molecule is OCC1CCCCC1CNCC=Cc1ccccc1. The van der Waals surface area contributed by atoms with Gasteiger partial charge < -0.3 is 10.4 Å². The normalized spacial score (nSPS) is 23.8. The van der Waals surface area contributed by atoms with Gasteiger partial charge in [0.05, 0.1) is 0 Å². The minimum Gasteiger partial charge on any atom is -0.396 e. The predicted octanol–water partition coefficient (Wildman–Crippen LogP) is 3.09. The summed E-state index contributed by atoms with van der Waals surface area (Å²) in [5.41, 5.74) is 1.25. The molecule has 2 unspecified atom stereocenters. The van der Waals surface area contributed by atoms with Crippen LogP contribution in [0.5, 0.6) is 0 Å². The van der Waals surface area contributed by atoms with Crippen LogP contribution < -0.4 is 5.32 Å². The standard InChI is InChI=1S/C17H25NO/c19-14-17-11-5-4-10-16(17)13-18-12-6-9-15-7-2-1-3-8-15/h1-3,6-9,16-19H,4-5,10-14H2. The Morgan fingerprint density at radius 2 is 1.84 bits per heavy atom. The largest absolute Gasteiger partial charge is 0.396 e. The van der Waals surface area contributed by atoms with Gasteiger partial charge >= 0.3 is 0 Å². The lowest BCUT2D eigenvalue weighted by Gasteiger charge is -2.30. The maximum absolute atomic E-state index is 9.37. The van der Waals surface area contributed by atoms with Crippen molar-refractivity contribution in [3.63, 3.8) is 0 Å². The Morgan fingerprint density at radius 3 is 2.58 bits per heavy atom. The van der Waals surface area contributed by atoms with Crippen LogP contribution in [0, 0.1) is 11.8 Å². The third kappa shape index (κ3) is 4.81. The van der Waals surface area contributed by atoms with Crippen molar-refractivity contribution < 1.29 is 5.11 Å². The molecule has 0 saturated heterocycles. The van der Waals surface area contributed by atoms with Gasteiger partial charge in [0.1, 0.15) is 0 Å². The van der Waals surface area contributed by atoms with Crippen molar-refractivity contribution in [3.8, 4) is 0 Å². The lowest BCUT2D eigenvalue weighted by atomic mass is 9.79. The van der Waals surface area contributed by atoms with Crippen molar-refractivity contribution in [3.05, 3.63) is 42.0 Å². The molecule has 2 rings (SSSR count). The number of benzene rings is 1. The Morgan fingerprint density at radius 1 is 1.11 bits per heavy atom. The first-order valence-electron chi connectivity index (χ1n) is 7.43. The van der Waals surface area contributed by atoms with E-state index in [2.05, 4.69) is 41.7 Å². The molecule has 2 atom stereocenters. The maximum atomic E-state index is 9.37. The molecule has 1 fully saturated rings. The molecule has 0 bridgehead atoms. The zero-order valence-corrected chi connectivity index (χ0v) is 11.6. The molecule has 2 nitrogen and oxygen atoms in total.